The number of nitrogens with zero attached hydrogens (tertiary/aromatic N) is 2. The van der Waals surface area contributed by atoms with E-state index in [2.05, 4.69) is 4.98 Å². The van der Waals surface area contributed by atoms with Crippen LogP contribution in [0, 0.1) is 19.7 Å². The molecule has 1 aromatic heterocycles. The predicted octanol–water partition coefficient (Wildman–Crippen LogP) is 5.10. The molecule has 1 amide bonds. The van der Waals surface area contributed by atoms with Gasteiger partial charge in [-0.15, -0.1) is 0 Å². The lowest BCUT2D eigenvalue weighted by Crippen LogP contribution is -2.29. The first-order valence-corrected chi connectivity index (χ1v) is 12.4. The molecule has 1 N–H and O–H groups in total. The monoisotopic (exact) mass is 524 g/mol. The Bertz CT molecular complexity index is 1430. The molecule has 1 aliphatic rings. The van der Waals surface area contributed by atoms with Gasteiger partial charge in [0.15, 0.2) is 5.13 Å². The minimum Gasteiger partial charge on any atom is -0.507 e. The van der Waals surface area contributed by atoms with Crippen LogP contribution in [0.4, 0.5) is 9.52 Å². The quantitative estimate of drug-likeness (QED) is 0.198. The van der Waals surface area contributed by atoms with Crippen molar-refractivity contribution in [2.75, 3.05) is 18.6 Å². The summed E-state index contributed by atoms with van der Waals surface area (Å²) in [4.78, 5) is 44.3. The number of benzene rings is 2. The van der Waals surface area contributed by atoms with Gasteiger partial charge in [0.05, 0.1) is 25.0 Å². The summed E-state index contributed by atoms with van der Waals surface area (Å²) in [5, 5.41) is 11.4. The van der Waals surface area contributed by atoms with Gasteiger partial charge < -0.3 is 14.6 Å². The Hall–Kier alpha value is -4.05. The van der Waals surface area contributed by atoms with Gasteiger partial charge in [-0.25, -0.2) is 14.2 Å². The van der Waals surface area contributed by atoms with Gasteiger partial charge in [-0.1, -0.05) is 36.5 Å². The van der Waals surface area contributed by atoms with Crippen LogP contribution in [0.2, 0.25) is 0 Å². The van der Waals surface area contributed by atoms with Crippen molar-refractivity contribution in [3.05, 3.63) is 81.1 Å². The van der Waals surface area contributed by atoms with Gasteiger partial charge in [0.2, 0.25) is 0 Å². The second kappa shape index (κ2) is 10.5. The van der Waals surface area contributed by atoms with Gasteiger partial charge in [-0.2, -0.15) is 0 Å². The first kappa shape index (κ1) is 26.0. The van der Waals surface area contributed by atoms with Crippen LogP contribution in [-0.4, -0.2) is 41.5 Å². The Labute approximate surface area is 217 Å². The number of aliphatic hydroxyl groups excluding tert-OH is 1. The third-order valence-electron chi connectivity index (χ3n) is 5.93. The maximum atomic E-state index is 15.1. The van der Waals surface area contributed by atoms with Gasteiger partial charge in [0, 0.05) is 11.1 Å². The minimum absolute atomic E-state index is 0.00345. The molecule has 0 saturated carbocycles. The molecular weight excluding hydrogens is 499 g/mol. The van der Waals surface area contributed by atoms with Crippen LogP contribution in [0.5, 0.6) is 5.75 Å². The summed E-state index contributed by atoms with van der Waals surface area (Å²) in [7, 11) is 1.22. The van der Waals surface area contributed by atoms with Crippen molar-refractivity contribution in [3.63, 3.8) is 0 Å². The molecular formula is C27H25FN2O6S. The Kier molecular flexibility index (Phi) is 7.40. The average molecular weight is 525 g/mol. The number of carbonyl (C=O) groups excluding carboxylic acids is 3. The van der Waals surface area contributed by atoms with Gasteiger partial charge >= 0.3 is 11.9 Å². The number of amides is 1. The fourth-order valence-corrected chi connectivity index (χ4v) is 5.16. The van der Waals surface area contributed by atoms with Gasteiger partial charge in [0.1, 0.15) is 28.2 Å². The van der Waals surface area contributed by atoms with Crippen LogP contribution >= 0.6 is 11.3 Å². The molecule has 1 atom stereocenters. The molecule has 0 aliphatic carbocycles. The van der Waals surface area contributed by atoms with E-state index in [1.54, 1.807) is 38.1 Å². The number of ketones is 1. The summed E-state index contributed by atoms with van der Waals surface area (Å²) in [6.07, 6.45) is 0.820. The highest BCUT2D eigenvalue weighted by atomic mass is 32.1. The van der Waals surface area contributed by atoms with Crippen LogP contribution in [0.25, 0.3) is 5.76 Å². The standard InChI is InChI=1S/C27H25FN2O6S/c1-5-12-36-16-10-11-17(14(2)13-16)22(31)20-21(18-8-6-7-9-19(18)28)30(25(33)23(20)32)27-29-15(3)24(37-27)26(34)35-4/h6-11,13,21,31H,5,12H2,1-4H3/t21-/m0/s1. The lowest BCUT2D eigenvalue weighted by Gasteiger charge is -2.23. The number of Topliss-reactive ketones (excluding diaryl/α,β-unsaturated/α-hetero) is 1. The lowest BCUT2D eigenvalue weighted by atomic mass is 9.93. The zero-order valence-corrected chi connectivity index (χ0v) is 21.5. The molecule has 192 valence electrons. The highest BCUT2D eigenvalue weighted by Gasteiger charge is 2.49. The molecule has 0 unspecified atom stereocenters. The Balaban J connectivity index is 1.91. The van der Waals surface area contributed by atoms with E-state index in [9.17, 15) is 19.5 Å². The highest BCUT2D eigenvalue weighted by molar-refractivity contribution is 7.17. The normalized spacial score (nSPS) is 16.8. The second-order valence-electron chi connectivity index (χ2n) is 8.42. The number of hydrogen-bond acceptors (Lipinski definition) is 8. The summed E-state index contributed by atoms with van der Waals surface area (Å²) >= 11 is 0.846. The molecule has 37 heavy (non-hydrogen) atoms. The van der Waals surface area contributed by atoms with E-state index in [0.717, 1.165) is 22.7 Å². The Morgan fingerprint density at radius 1 is 1.19 bits per heavy atom. The fourth-order valence-electron chi connectivity index (χ4n) is 4.14. The number of rotatable bonds is 7. The van der Waals surface area contributed by atoms with Gasteiger partial charge in [-0.05, 0) is 50.1 Å². The summed E-state index contributed by atoms with van der Waals surface area (Å²) in [6, 6.07) is 9.32. The van der Waals surface area contributed by atoms with Crippen molar-refractivity contribution in [2.45, 2.75) is 33.2 Å². The van der Waals surface area contributed by atoms with Crippen molar-refractivity contribution < 1.29 is 33.4 Å². The number of aromatic nitrogens is 1. The Morgan fingerprint density at radius 2 is 1.92 bits per heavy atom. The number of halogens is 1. The van der Waals surface area contributed by atoms with Gasteiger partial charge in [-0.3, -0.25) is 14.5 Å². The SMILES string of the molecule is CCCOc1ccc(C(O)=C2C(=O)C(=O)N(c3nc(C)c(C(=O)OC)s3)[C@H]2c2ccccc2F)c(C)c1. The van der Waals surface area contributed by atoms with E-state index >= 15 is 4.39 Å². The number of hydrogen-bond donors (Lipinski definition) is 1. The van der Waals surface area contributed by atoms with E-state index in [-0.39, 0.29) is 21.1 Å². The van der Waals surface area contributed by atoms with Crippen LogP contribution in [0.1, 0.15) is 51.4 Å². The molecule has 10 heteroatoms. The molecule has 1 fully saturated rings. The minimum atomic E-state index is -1.31. The second-order valence-corrected chi connectivity index (χ2v) is 9.40. The van der Waals surface area contributed by atoms with E-state index in [4.69, 9.17) is 9.47 Å². The summed E-state index contributed by atoms with van der Waals surface area (Å²) in [5.74, 6) is -3.18. The number of aryl methyl sites for hydroxylation is 2. The zero-order valence-electron chi connectivity index (χ0n) is 20.7. The fraction of sp³-hybridized carbons (Fsp3) is 0.259. The highest BCUT2D eigenvalue weighted by Crippen LogP contribution is 2.45. The molecule has 0 bridgehead atoms. The van der Waals surface area contributed by atoms with Crippen molar-refractivity contribution in [2.24, 2.45) is 0 Å². The number of ether oxygens (including phenoxy) is 2. The van der Waals surface area contributed by atoms with Crippen LogP contribution < -0.4 is 9.64 Å². The van der Waals surface area contributed by atoms with Crippen LogP contribution in [0.3, 0.4) is 0 Å². The number of carbonyl (C=O) groups is 3. The largest absolute Gasteiger partial charge is 0.507 e. The summed E-state index contributed by atoms with van der Waals surface area (Å²) in [6.45, 7) is 5.79. The van der Waals surface area contributed by atoms with Crippen molar-refractivity contribution in [3.8, 4) is 5.75 Å². The first-order valence-electron chi connectivity index (χ1n) is 11.5. The maximum Gasteiger partial charge on any atom is 0.350 e. The topological polar surface area (TPSA) is 106 Å². The van der Waals surface area contributed by atoms with Crippen LogP contribution in [0.15, 0.2) is 48.0 Å². The third-order valence-corrected chi connectivity index (χ3v) is 7.07. The third kappa shape index (κ3) is 4.72. The maximum absolute atomic E-state index is 15.1. The van der Waals surface area contributed by atoms with E-state index in [1.165, 1.54) is 25.3 Å². The number of aliphatic hydroxyl groups is 1. The van der Waals surface area contributed by atoms with E-state index in [0.29, 0.717) is 29.2 Å². The molecule has 8 nitrogen and oxygen atoms in total. The molecule has 2 heterocycles. The zero-order chi connectivity index (χ0) is 26.9. The van der Waals surface area contributed by atoms with Crippen molar-refractivity contribution in [1.29, 1.82) is 0 Å². The molecule has 2 aromatic carbocycles. The predicted molar refractivity (Wildman–Crippen MR) is 136 cm³/mol. The molecule has 1 aliphatic heterocycles. The number of anilines is 1. The number of esters is 1. The Morgan fingerprint density at radius 3 is 2.57 bits per heavy atom. The molecule has 0 radical (unpaired) electrons. The first-order chi connectivity index (χ1) is 17.7. The van der Waals surface area contributed by atoms with E-state index in [1.807, 2.05) is 6.92 Å². The summed E-state index contributed by atoms with van der Waals surface area (Å²) in [5.41, 5.74) is 0.903. The van der Waals surface area contributed by atoms with E-state index < -0.39 is 35.3 Å². The molecule has 4 rings (SSSR count). The smallest absolute Gasteiger partial charge is 0.350 e. The van der Waals surface area contributed by atoms with Crippen LogP contribution in [-0.2, 0) is 14.3 Å². The van der Waals surface area contributed by atoms with Gasteiger partial charge in [0.25, 0.3) is 5.78 Å². The molecule has 1 saturated heterocycles. The summed E-state index contributed by atoms with van der Waals surface area (Å²) < 4.78 is 25.5. The molecule has 0 spiro atoms. The van der Waals surface area contributed by atoms with Crippen molar-refractivity contribution >= 4 is 39.9 Å². The number of methoxy groups -OCH3 is 1. The molecule has 3 aromatic rings. The number of thiazole rings is 1. The average Bonchev–Trinajstić information content (AvgIpc) is 3.38. The van der Waals surface area contributed by atoms with Crippen molar-refractivity contribution in [1.82, 2.24) is 4.98 Å². The lowest BCUT2D eigenvalue weighted by molar-refractivity contribution is -0.132.